The van der Waals surface area contributed by atoms with Crippen molar-refractivity contribution in [1.82, 2.24) is 19.6 Å². The summed E-state index contributed by atoms with van der Waals surface area (Å²) in [7, 11) is 0. The van der Waals surface area contributed by atoms with Gasteiger partial charge in [-0.3, -0.25) is 4.90 Å². The molecule has 0 unspecified atom stereocenters. The zero-order valence-corrected chi connectivity index (χ0v) is 10.8. The predicted octanol–water partition coefficient (Wildman–Crippen LogP) is 1.76. The van der Waals surface area contributed by atoms with Crippen LogP contribution in [0.2, 0.25) is 0 Å². The van der Waals surface area contributed by atoms with E-state index in [1.165, 1.54) is 6.20 Å². The first-order valence-corrected chi connectivity index (χ1v) is 6.50. The van der Waals surface area contributed by atoms with E-state index in [1.54, 1.807) is 10.6 Å². The van der Waals surface area contributed by atoms with Gasteiger partial charge in [-0.05, 0) is 12.1 Å². The molecule has 0 radical (unpaired) electrons. The van der Waals surface area contributed by atoms with Crippen molar-refractivity contribution in [3.8, 4) is 0 Å². The number of hydrogen-bond donors (Lipinski definition) is 1. The predicted molar refractivity (Wildman–Crippen MR) is 68.3 cm³/mol. The van der Waals surface area contributed by atoms with Gasteiger partial charge in [-0.2, -0.15) is 13.2 Å². The Balaban J connectivity index is 1.86. The molecule has 4 nitrogen and oxygen atoms in total. The van der Waals surface area contributed by atoms with Crippen molar-refractivity contribution in [1.29, 1.82) is 0 Å². The number of aromatic nitrogens is 2. The summed E-state index contributed by atoms with van der Waals surface area (Å²) in [4.78, 5) is 6.34. The van der Waals surface area contributed by atoms with Crippen molar-refractivity contribution in [2.75, 3.05) is 26.2 Å². The highest BCUT2D eigenvalue weighted by Gasteiger charge is 2.30. The fourth-order valence-electron chi connectivity index (χ4n) is 2.42. The lowest BCUT2D eigenvalue weighted by Gasteiger charge is -2.26. The average Bonchev–Trinajstić information content (AvgIpc) is 2.81. The fourth-order valence-corrected chi connectivity index (χ4v) is 2.42. The van der Waals surface area contributed by atoms with Crippen LogP contribution >= 0.6 is 0 Å². The molecule has 1 fully saturated rings. The van der Waals surface area contributed by atoms with E-state index in [0.29, 0.717) is 12.2 Å². The van der Waals surface area contributed by atoms with Crippen LogP contribution < -0.4 is 5.32 Å². The third-order valence-electron chi connectivity index (χ3n) is 3.51. The normalized spacial score (nSPS) is 17.8. The molecule has 2 aromatic heterocycles. The molecule has 0 aromatic carbocycles. The van der Waals surface area contributed by atoms with Crippen LogP contribution in [0.1, 0.15) is 11.3 Å². The summed E-state index contributed by atoms with van der Waals surface area (Å²) in [6.07, 6.45) is -1.23. The van der Waals surface area contributed by atoms with Crippen molar-refractivity contribution in [2.45, 2.75) is 12.7 Å². The second-order valence-corrected chi connectivity index (χ2v) is 4.92. The average molecular weight is 284 g/mol. The lowest BCUT2D eigenvalue weighted by Crippen LogP contribution is -2.43. The molecule has 20 heavy (non-hydrogen) atoms. The van der Waals surface area contributed by atoms with Crippen LogP contribution in [-0.4, -0.2) is 40.5 Å². The number of alkyl halides is 3. The lowest BCUT2D eigenvalue weighted by molar-refractivity contribution is -0.137. The van der Waals surface area contributed by atoms with Crippen LogP contribution in [0.4, 0.5) is 13.2 Å². The van der Waals surface area contributed by atoms with E-state index in [0.717, 1.165) is 44.0 Å². The third-order valence-corrected chi connectivity index (χ3v) is 3.51. The maximum absolute atomic E-state index is 12.6. The molecule has 3 rings (SSSR count). The van der Waals surface area contributed by atoms with E-state index in [1.807, 2.05) is 0 Å². The topological polar surface area (TPSA) is 32.6 Å². The number of halogens is 3. The molecule has 0 bridgehead atoms. The highest BCUT2D eigenvalue weighted by molar-refractivity contribution is 5.44. The fraction of sp³-hybridized carbons (Fsp3) is 0.462. The van der Waals surface area contributed by atoms with Gasteiger partial charge in [0.05, 0.1) is 17.5 Å². The molecule has 108 valence electrons. The van der Waals surface area contributed by atoms with Gasteiger partial charge in [-0.1, -0.05) is 0 Å². The van der Waals surface area contributed by atoms with Gasteiger partial charge in [0.25, 0.3) is 0 Å². The molecule has 1 N–H and O–H groups in total. The Morgan fingerprint density at radius 1 is 1.25 bits per heavy atom. The zero-order chi connectivity index (χ0) is 14.2. The highest BCUT2D eigenvalue weighted by Crippen LogP contribution is 2.29. The van der Waals surface area contributed by atoms with Crippen molar-refractivity contribution >= 4 is 5.65 Å². The van der Waals surface area contributed by atoms with Crippen LogP contribution in [0, 0.1) is 0 Å². The van der Waals surface area contributed by atoms with Crippen molar-refractivity contribution in [2.24, 2.45) is 0 Å². The minimum atomic E-state index is -4.33. The Hall–Kier alpha value is -1.60. The molecule has 1 aliphatic heterocycles. The van der Waals surface area contributed by atoms with E-state index in [-0.39, 0.29) is 0 Å². The quantitative estimate of drug-likeness (QED) is 0.912. The molecular formula is C13H15F3N4. The van der Waals surface area contributed by atoms with Crippen LogP contribution in [0.5, 0.6) is 0 Å². The highest BCUT2D eigenvalue weighted by atomic mass is 19.4. The van der Waals surface area contributed by atoms with Gasteiger partial charge >= 0.3 is 6.18 Å². The third kappa shape index (κ3) is 2.64. The number of nitrogens with one attached hydrogen (secondary N) is 1. The number of pyridine rings is 1. The van der Waals surface area contributed by atoms with Crippen LogP contribution in [0.3, 0.4) is 0 Å². The maximum Gasteiger partial charge on any atom is 0.416 e. The van der Waals surface area contributed by atoms with Gasteiger partial charge in [0.1, 0.15) is 5.65 Å². The first kappa shape index (κ1) is 13.4. The van der Waals surface area contributed by atoms with E-state index in [4.69, 9.17) is 0 Å². The van der Waals surface area contributed by atoms with Gasteiger partial charge in [-0.15, -0.1) is 0 Å². The van der Waals surface area contributed by atoms with E-state index < -0.39 is 11.7 Å². The summed E-state index contributed by atoms with van der Waals surface area (Å²) < 4.78 is 39.6. The van der Waals surface area contributed by atoms with E-state index in [2.05, 4.69) is 15.2 Å². The van der Waals surface area contributed by atoms with Crippen molar-refractivity contribution in [3.63, 3.8) is 0 Å². The minimum absolute atomic E-state index is 0.338. The largest absolute Gasteiger partial charge is 0.416 e. The van der Waals surface area contributed by atoms with Gasteiger partial charge in [0.15, 0.2) is 0 Å². The maximum atomic E-state index is 12.6. The monoisotopic (exact) mass is 284 g/mol. The Kier molecular flexibility index (Phi) is 3.39. The van der Waals surface area contributed by atoms with Gasteiger partial charge in [0.2, 0.25) is 0 Å². The molecule has 0 aliphatic carbocycles. The Morgan fingerprint density at radius 3 is 2.70 bits per heavy atom. The Labute approximate surface area is 114 Å². The zero-order valence-electron chi connectivity index (χ0n) is 10.8. The number of hydrogen-bond acceptors (Lipinski definition) is 3. The minimum Gasteiger partial charge on any atom is -0.314 e. The Bertz CT molecular complexity index is 599. The summed E-state index contributed by atoms with van der Waals surface area (Å²) >= 11 is 0. The molecular weight excluding hydrogens is 269 g/mol. The number of rotatable bonds is 2. The molecule has 7 heteroatoms. The summed E-state index contributed by atoms with van der Waals surface area (Å²) in [6, 6.07) is 2.18. The molecule has 0 amide bonds. The molecule has 1 saturated heterocycles. The van der Waals surface area contributed by atoms with Crippen LogP contribution in [0.15, 0.2) is 24.5 Å². The Morgan fingerprint density at radius 2 is 2.00 bits per heavy atom. The number of imidazole rings is 1. The number of fused-ring (bicyclic) bond motifs is 1. The first-order chi connectivity index (χ1) is 9.54. The van der Waals surface area contributed by atoms with Crippen molar-refractivity contribution in [3.05, 3.63) is 35.8 Å². The van der Waals surface area contributed by atoms with Gasteiger partial charge in [0, 0.05) is 38.9 Å². The molecule has 2 aromatic rings. The smallest absolute Gasteiger partial charge is 0.314 e. The first-order valence-electron chi connectivity index (χ1n) is 6.50. The van der Waals surface area contributed by atoms with Gasteiger partial charge < -0.3 is 9.72 Å². The summed E-state index contributed by atoms with van der Waals surface area (Å²) in [5.41, 5.74) is 0.588. The SMILES string of the molecule is FC(F)(F)c1ccn2c(CN3CCNCC3)cnc2c1. The second-order valence-electron chi connectivity index (χ2n) is 4.92. The number of nitrogens with zero attached hydrogens (tertiary/aromatic N) is 3. The van der Waals surface area contributed by atoms with Crippen LogP contribution in [0.25, 0.3) is 5.65 Å². The molecule has 0 saturated carbocycles. The number of piperazine rings is 1. The molecule has 1 aliphatic rings. The molecule has 0 spiro atoms. The summed E-state index contributed by atoms with van der Waals surface area (Å²) in [6.45, 7) is 4.46. The van der Waals surface area contributed by atoms with E-state index in [9.17, 15) is 13.2 Å². The summed E-state index contributed by atoms with van der Waals surface area (Å²) in [5.74, 6) is 0. The molecule has 0 atom stereocenters. The standard InChI is InChI=1S/C13H15F3N4/c14-13(15,16)10-1-4-20-11(8-18-12(20)7-10)9-19-5-2-17-3-6-19/h1,4,7-8,17H,2-3,5-6,9H2. The van der Waals surface area contributed by atoms with Gasteiger partial charge in [-0.25, -0.2) is 4.98 Å². The summed E-state index contributed by atoms with van der Waals surface area (Å²) in [5, 5.41) is 3.27. The van der Waals surface area contributed by atoms with Crippen molar-refractivity contribution < 1.29 is 13.2 Å². The molecule has 3 heterocycles. The van der Waals surface area contributed by atoms with E-state index >= 15 is 0 Å². The van der Waals surface area contributed by atoms with Crippen LogP contribution in [-0.2, 0) is 12.7 Å². The lowest BCUT2D eigenvalue weighted by atomic mass is 10.2. The second kappa shape index (κ2) is 5.06.